The predicted octanol–water partition coefficient (Wildman–Crippen LogP) is 5.58. The number of rotatable bonds is 9. The van der Waals surface area contributed by atoms with Gasteiger partial charge in [-0.3, -0.25) is 9.79 Å². The Kier molecular flexibility index (Phi) is 8.57. The fourth-order valence-corrected chi connectivity index (χ4v) is 3.61. The van der Waals surface area contributed by atoms with E-state index >= 15 is 0 Å². The normalized spacial score (nSPS) is 17.3. The number of carbonyl (C=O) groups excluding carboxylic acids is 1. The van der Waals surface area contributed by atoms with Crippen LogP contribution in [0.4, 0.5) is 14.5 Å². The van der Waals surface area contributed by atoms with Crippen molar-refractivity contribution < 1.29 is 13.6 Å². The number of hydrogen-bond acceptors (Lipinski definition) is 4. The van der Waals surface area contributed by atoms with Gasteiger partial charge in [0.25, 0.3) is 0 Å². The topological polar surface area (TPSA) is 56.7 Å². The molecule has 5 nitrogen and oxygen atoms in total. The Morgan fingerprint density at radius 1 is 1.21 bits per heavy atom. The second-order valence-electron chi connectivity index (χ2n) is 8.58. The van der Waals surface area contributed by atoms with Crippen molar-refractivity contribution >= 4 is 17.8 Å². The molecule has 0 spiro atoms. The first-order valence-corrected chi connectivity index (χ1v) is 11.5. The van der Waals surface area contributed by atoms with E-state index in [0.717, 1.165) is 35.6 Å². The molecule has 1 aliphatic heterocycles. The smallest absolute Gasteiger partial charge is 0.224 e. The van der Waals surface area contributed by atoms with Crippen molar-refractivity contribution in [2.75, 3.05) is 18.9 Å². The number of halogens is 2. The lowest BCUT2D eigenvalue weighted by Crippen LogP contribution is -2.22. The van der Waals surface area contributed by atoms with Gasteiger partial charge < -0.3 is 15.5 Å². The Morgan fingerprint density at radius 2 is 2.00 bits per heavy atom. The summed E-state index contributed by atoms with van der Waals surface area (Å²) in [5, 5.41) is 6.37. The summed E-state index contributed by atoms with van der Waals surface area (Å²) >= 11 is 0. The highest BCUT2D eigenvalue weighted by molar-refractivity contribution is 5.91. The number of aryl methyl sites for hydroxylation is 1. The number of nitrogens with one attached hydrogen (secondary N) is 2. The van der Waals surface area contributed by atoms with E-state index in [1.165, 1.54) is 6.07 Å². The van der Waals surface area contributed by atoms with Crippen LogP contribution in [-0.4, -0.2) is 30.6 Å². The molecular weight excluding hydrogens is 434 g/mol. The number of amides is 1. The van der Waals surface area contributed by atoms with E-state index in [2.05, 4.69) is 53.6 Å². The molecular formula is C27H32F2N4O. The Balaban J connectivity index is 1.56. The fraction of sp³-hybridized carbons (Fsp3) is 0.333. The minimum absolute atomic E-state index is 0.00721. The molecule has 34 heavy (non-hydrogen) atoms. The average molecular weight is 467 g/mol. The van der Waals surface area contributed by atoms with Crippen LogP contribution in [0, 0.1) is 17.6 Å². The fourth-order valence-electron chi connectivity index (χ4n) is 3.61. The minimum Gasteiger partial charge on any atom is -0.379 e. The first-order chi connectivity index (χ1) is 16.2. The quantitative estimate of drug-likeness (QED) is 0.507. The maximum Gasteiger partial charge on any atom is 0.224 e. The van der Waals surface area contributed by atoms with Crippen LogP contribution < -0.4 is 10.6 Å². The molecule has 2 atom stereocenters. The molecule has 0 radical (unpaired) electrons. The van der Waals surface area contributed by atoms with Gasteiger partial charge in [0.2, 0.25) is 5.91 Å². The highest BCUT2D eigenvalue weighted by atomic mass is 19.2. The second kappa shape index (κ2) is 11.6. The van der Waals surface area contributed by atoms with Gasteiger partial charge in [0.15, 0.2) is 11.6 Å². The first kappa shape index (κ1) is 25.1. The summed E-state index contributed by atoms with van der Waals surface area (Å²) in [6.07, 6.45) is 6.57. The number of hydrogen-bond donors (Lipinski definition) is 2. The van der Waals surface area contributed by atoms with Crippen LogP contribution in [0.2, 0.25) is 0 Å². The van der Waals surface area contributed by atoms with Crippen molar-refractivity contribution in [2.24, 2.45) is 10.9 Å². The van der Waals surface area contributed by atoms with Crippen LogP contribution in [-0.2, 0) is 11.2 Å². The van der Waals surface area contributed by atoms with Crippen molar-refractivity contribution in [1.29, 1.82) is 0 Å². The summed E-state index contributed by atoms with van der Waals surface area (Å²) in [6.45, 7) is 7.20. The molecule has 0 saturated carbocycles. The third-order valence-corrected chi connectivity index (χ3v) is 5.78. The molecule has 180 valence electrons. The average Bonchev–Trinajstić information content (AvgIpc) is 2.81. The van der Waals surface area contributed by atoms with Crippen molar-refractivity contribution in [3.8, 4) is 0 Å². The summed E-state index contributed by atoms with van der Waals surface area (Å²) in [7, 11) is 2.03. The van der Waals surface area contributed by atoms with Gasteiger partial charge in [-0.2, -0.15) is 0 Å². The molecule has 1 aliphatic rings. The van der Waals surface area contributed by atoms with Crippen molar-refractivity contribution in [1.82, 2.24) is 10.2 Å². The zero-order valence-corrected chi connectivity index (χ0v) is 20.1. The summed E-state index contributed by atoms with van der Waals surface area (Å²) in [5.41, 5.74) is 4.27. The summed E-state index contributed by atoms with van der Waals surface area (Å²) < 4.78 is 26.4. The van der Waals surface area contributed by atoms with Gasteiger partial charge in [-0.1, -0.05) is 31.2 Å². The largest absolute Gasteiger partial charge is 0.379 e. The first-order valence-electron chi connectivity index (χ1n) is 11.5. The maximum atomic E-state index is 13.3. The zero-order valence-electron chi connectivity index (χ0n) is 20.1. The van der Waals surface area contributed by atoms with E-state index in [9.17, 15) is 13.6 Å². The van der Waals surface area contributed by atoms with Crippen molar-refractivity contribution in [3.63, 3.8) is 0 Å². The van der Waals surface area contributed by atoms with Gasteiger partial charge in [0, 0.05) is 49.6 Å². The van der Waals surface area contributed by atoms with Gasteiger partial charge in [0.1, 0.15) is 0 Å². The standard InChI is InChI=1S/C27H32F2N4O/c1-5-33(4)17-26-18(2)13-23(16-30-26)31-19(3)21-7-6-8-22(15-21)32-27(34)12-10-20-9-11-24(28)25(29)14-20/h6-9,11,13-19,31H,5,10,12H2,1-4H3,(H,32,34)/b26-17+/t18?,19-/m0/s1. The molecule has 0 aliphatic carbocycles. The van der Waals surface area contributed by atoms with Gasteiger partial charge in [0.05, 0.1) is 11.9 Å². The molecule has 2 N–H and O–H groups in total. The van der Waals surface area contributed by atoms with Crippen LogP contribution in [0.15, 0.2) is 71.1 Å². The van der Waals surface area contributed by atoms with E-state index in [0.29, 0.717) is 17.7 Å². The summed E-state index contributed by atoms with van der Waals surface area (Å²) in [4.78, 5) is 19.1. The van der Waals surface area contributed by atoms with Gasteiger partial charge in [-0.15, -0.1) is 0 Å². The zero-order chi connectivity index (χ0) is 24.7. The van der Waals surface area contributed by atoms with Crippen LogP contribution >= 0.6 is 0 Å². The molecule has 0 saturated heterocycles. The highest BCUT2D eigenvalue weighted by Gasteiger charge is 2.15. The van der Waals surface area contributed by atoms with Gasteiger partial charge >= 0.3 is 0 Å². The Labute approximate surface area is 200 Å². The molecule has 0 aromatic heterocycles. The van der Waals surface area contributed by atoms with Crippen LogP contribution in [0.25, 0.3) is 0 Å². The number of anilines is 1. The van der Waals surface area contributed by atoms with E-state index < -0.39 is 11.6 Å². The lowest BCUT2D eigenvalue weighted by Gasteiger charge is -2.22. The summed E-state index contributed by atoms with van der Waals surface area (Å²) in [6, 6.07) is 11.4. The molecule has 3 rings (SSSR count). The van der Waals surface area contributed by atoms with Crippen molar-refractivity contribution in [2.45, 2.75) is 39.7 Å². The van der Waals surface area contributed by atoms with Gasteiger partial charge in [-0.25, -0.2) is 8.78 Å². The lowest BCUT2D eigenvalue weighted by atomic mass is 10.0. The summed E-state index contributed by atoms with van der Waals surface area (Å²) in [5.74, 6) is -1.78. The van der Waals surface area contributed by atoms with Crippen LogP contribution in [0.5, 0.6) is 0 Å². The Hall–Kier alpha value is -3.48. The molecule has 2 aromatic carbocycles. The number of aliphatic imine (C=N–C) groups is 1. The number of carbonyl (C=O) groups is 1. The molecule has 2 aromatic rings. The van der Waals surface area contributed by atoms with Crippen molar-refractivity contribution in [3.05, 3.63) is 88.9 Å². The molecule has 1 heterocycles. The van der Waals surface area contributed by atoms with Crippen LogP contribution in [0.3, 0.4) is 0 Å². The monoisotopic (exact) mass is 466 g/mol. The molecule has 1 amide bonds. The van der Waals surface area contributed by atoms with E-state index in [4.69, 9.17) is 0 Å². The molecule has 7 heteroatoms. The van der Waals surface area contributed by atoms with E-state index in [1.807, 2.05) is 37.5 Å². The number of nitrogens with zero attached hydrogens (tertiary/aromatic N) is 2. The number of benzene rings is 2. The lowest BCUT2D eigenvalue weighted by molar-refractivity contribution is -0.116. The molecule has 0 fully saturated rings. The molecule has 0 bridgehead atoms. The highest BCUT2D eigenvalue weighted by Crippen LogP contribution is 2.23. The maximum absolute atomic E-state index is 13.3. The van der Waals surface area contributed by atoms with E-state index in [1.54, 1.807) is 0 Å². The Morgan fingerprint density at radius 3 is 2.71 bits per heavy atom. The predicted molar refractivity (Wildman–Crippen MR) is 133 cm³/mol. The molecule has 1 unspecified atom stereocenters. The van der Waals surface area contributed by atoms with E-state index in [-0.39, 0.29) is 24.3 Å². The second-order valence-corrected chi connectivity index (χ2v) is 8.58. The third kappa shape index (κ3) is 7.01. The number of allylic oxidation sites excluding steroid dienone is 2. The Bertz CT molecular complexity index is 1110. The minimum atomic E-state index is -0.903. The SMILES string of the molecule is CCN(C)/C=C1/N=CC(N[C@@H](C)c2cccc(NC(=O)CCc3ccc(F)c(F)c3)c2)=CC1C. The van der Waals surface area contributed by atoms with Crippen LogP contribution in [0.1, 0.15) is 44.4 Å². The van der Waals surface area contributed by atoms with Gasteiger partial charge in [-0.05, 0) is 55.7 Å². The third-order valence-electron chi connectivity index (χ3n) is 5.78. The number of dihydropyridines is 1.